The summed E-state index contributed by atoms with van der Waals surface area (Å²) >= 11 is 0. The Kier molecular flexibility index (Phi) is 3.37. The highest BCUT2D eigenvalue weighted by Crippen LogP contribution is 2.36. The minimum absolute atomic E-state index is 0. The molecule has 0 spiro atoms. The minimum Gasteiger partial charge on any atom is -1.00 e. The number of halogens is 1. The molecule has 124 valence electrons. The molecule has 0 fully saturated rings. The largest absolute Gasteiger partial charge is 1.00 e. The molecule has 0 aliphatic heterocycles. The first kappa shape index (κ1) is 15.7. The first-order valence-electron chi connectivity index (χ1n) is 8.14. The van der Waals surface area contributed by atoms with Crippen LogP contribution in [-0.4, -0.2) is 9.13 Å². The molecule has 2 heterocycles. The highest BCUT2D eigenvalue weighted by molar-refractivity contribution is 6.24. The zero-order valence-corrected chi connectivity index (χ0v) is 14.9. The van der Waals surface area contributed by atoms with Crippen molar-refractivity contribution in [3.8, 4) is 0 Å². The SMILES string of the molecule is Cn1c2ccccc2c2c3c(cccc31)c1ccc(=[NH2+])cc1n2C.[Cl-]. The predicted octanol–water partition coefficient (Wildman–Crippen LogP) is -0.360. The molecule has 3 aromatic carbocycles. The molecule has 5 rings (SSSR count). The summed E-state index contributed by atoms with van der Waals surface area (Å²) in [6.07, 6.45) is 0. The monoisotopic (exact) mass is 347 g/mol. The second-order valence-electron chi connectivity index (χ2n) is 6.46. The number of fused-ring (bicyclic) bond motifs is 4. The maximum absolute atomic E-state index is 6.07. The minimum atomic E-state index is 0. The quantitative estimate of drug-likeness (QED) is 0.293. The van der Waals surface area contributed by atoms with Crippen LogP contribution in [0.25, 0.3) is 43.6 Å². The average Bonchev–Trinajstić information content (AvgIpc) is 2.61. The number of aromatic nitrogens is 2. The molecule has 25 heavy (non-hydrogen) atoms. The van der Waals surface area contributed by atoms with Crippen LogP contribution in [0.4, 0.5) is 0 Å². The Hall–Kier alpha value is -2.78. The van der Waals surface area contributed by atoms with E-state index in [1.165, 1.54) is 38.1 Å². The number of aryl methyl sites for hydroxylation is 2. The molecule has 0 bridgehead atoms. The molecule has 0 aliphatic rings. The molecule has 2 aromatic heterocycles. The van der Waals surface area contributed by atoms with Gasteiger partial charge in [0.15, 0.2) is 5.36 Å². The molecule has 3 nitrogen and oxygen atoms in total. The van der Waals surface area contributed by atoms with Crippen molar-refractivity contribution in [3.63, 3.8) is 0 Å². The second kappa shape index (κ2) is 5.36. The summed E-state index contributed by atoms with van der Waals surface area (Å²) in [5.74, 6) is 0. The van der Waals surface area contributed by atoms with Crippen LogP contribution in [0.15, 0.2) is 60.7 Å². The van der Waals surface area contributed by atoms with Gasteiger partial charge in [-0.25, -0.2) is 0 Å². The van der Waals surface area contributed by atoms with Crippen molar-refractivity contribution in [1.82, 2.24) is 9.13 Å². The fourth-order valence-electron chi connectivity index (χ4n) is 4.05. The summed E-state index contributed by atoms with van der Waals surface area (Å²) in [5.41, 5.74) is 4.90. The van der Waals surface area contributed by atoms with Gasteiger partial charge in [-0.2, -0.15) is 0 Å². The number of pyridine rings is 2. The van der Waals surface area contributed by atoms with E-state index in [0.717, 1.165) is 10.9 Å². The van der Waals surface area contributed by atoms with Gasteiger partial charge >= 0.3 is 0 Å². The molecular weight excluding hydrogens is 330 g/mol. The van der Waals surface area contributed by atoms with E-state index < -0.39 is 0 Å². The van der Waals surface area contributed by atoms with Crippen LogP contribution < -0.4 is 23.2 Å². The first-order valence-corrected chi connectivity index (χ1v) is 8.14. The Labute approximate surface area is 151 Å². The van der Waals surface area contributed by atoms with Crippen molar-refractivity contribution in [2.75, 3.05) is 0 Å². The topological polar surface area (TPSA) is 35.5 Å². The number of nitrogens with zero attached hydrogens (tertiary/aromatic N) is 2. The van der Waals surface area contributed by atoms with Crippen LogP contribution in [0, 0.1) is 0 Å². The highest BCUT2D eigenvalue weighted by atomic mass is 35.5. The van der Waals surface area contributed by atoms with E-state index in [9.17, 15) is 0 Å². The highest BCUT2D eigenvalue weighted by Gasteiger charge is 2.15. The zero-order valence-electron chi connectivity index (χ0n) is 14.1. The lowest BCUT2D eigenvalue weighted by atomic mass is 9.99. The number of nitrogens with two attached hydrogens (primary N) is 1. The lowest BCUT2D eigenvalue weighted by Gasteiger charge is -2.20. The predicted molar refractivity (Wildman–Crippen MR) is 99.5 cm³/mol. The van der Waals surface area contributed by atoms with E-state index in [1.807, 2.05) is 6.07 Å². The second-order valence-corrected chi connectivity index (χ2v) is 6.46. The van der Waals surface area contributed by atoms with Gasteiger partial charge in [0.2, 0.25) is 0 Å². The third-order valence-corrected chi connectivity index (χ3v) is 5.17. The van der Waals surface area contributed by atoms with Crippen molar-refractivity contribution < 1.29 is 17.8 Å². The van der Waals surface area contributed by atoms with Gasteiger partial charge in [-0.1, -0.05) is 30.3 Å². The molecule has 0 unspecified atom stereocenters. The fourth-order valence-corrected chi connectivity index (χ4v) is 4.05. The molecule has 0 radical (unpaired) electrons. The van der Waals surface area contributed by atoms with Gasteiger partial charge < -0.3 is 21.5 Å². The summed E-state index contributed by atoms with van der Waals surface area (Å²) < 4.78 is 4.57. The molecule has 2 N–H and O–H groups in total. The Morgan fingerprint density at radius 1 is 0.680 bits per heavy atom. The van der Waals surface area contributed by atoms with Crippen LogP contribution in [0.5, 0.6) is 0 Å². The zero-order chi connectivity index (χ0) is 16.4. The molecule has 4 heteroatoms. The van der Waals surface area contributed by atoms with Crippen LogP contribution in [0.2, 0.25) is 0 Å². The van der Waals surface area contributed by atoms with Gasteiger partial charge in [-0.3, -0.25) is 5.41 Å². The van der Waals surface area contributed by atoms with Crippen LogP contribution in [-0.2, 0) is 14.1 Å². The molecule has 0 saturated heterocycles. The van der Waals surface area contributed by atoms with E-state index in [0.29, 0.717) is 0 Å². The molecular formula is C21H18ClN3. The number of hydrogen-bond donors (Lipinski definition) is 1. The van der Waals surface area contributed by atoms with Crippen LogP contribution >= 0.6 is 0 Å². The van der Waals surface area contributed by atoms with Gasteiger partial charge in [-0.05, 0) is 23.6 Å². The summed E-state index contributed by atoms with van der Waals surface area (Å²) in [5, 5.41) is 11.9. The third kappa shape index (κ3) is 1.96. The molecule has 5 aromatic rings. The summed E-state index contributed by atoms with van der Waals surface area (Å²) in [6, 6.07) is 21.3. The Morgan fingerprint density at radius 2 is 1.40 bits per heavy atom. The van der Waals surface area contributed by atoms with Crippen molar-refractivity contribution >= 4 is 43.6 Å². The van der Waals surface area contributed by atoms with Crippen molar-refractivity contribution in [1.29, 1.82) is 0 Å². The van der Waals surface area contributed by atoms with Crippen molar-refractivity contribution in [2.45, 2.75) is 0 Å². The molecule has 0 aliphatic carbocycles. The summed E-state index contributed by atoms with van der Waals surface area (Å²) in [7, 11) is 4.28. The van der Waals surface area contributed by atoms with E-state index in [-0.39, 0.29) is 12.4 Å². The number of para-hydroxylation sites is 1. The van der Waals surface area contributed by atoms with Gasteiger partial charge in [0.1, 0.15) is 0 Å². The van der Waals surface area contributed by atoms with E-state index in [2.05, 4.69) is 77.8 Å². The molecule has 0 saturated carbocycles. The number of hydrogen-bond acceptors (Lipinski definition) is 0. The maximum atomic E-state index is 6.07. The van der Waals surface area contributed by atoms with E-state index in [1.54, 1.807) is 0 Å². The van der Waals surface area contributed by atoms with Gasteiger partial charge in [0.25, 0.3) is 0 Å². The molecule has 0 amide bonds. The normalized spacial score (nSPS) is 11.4. The standard InChI is InChI=1S/C21H17N3.ClH/c1-23-17-8-4-3-6-16(17)21-20-15(7-5-9-18(20)23)14-11-10-13(22)12-19(14)24(21)2;/h3-12,22H,1-2H3;1H. The maximum Gasteiger partial charge on any atom is 0.198 e. The molecule has 0 atom stereocenters. The van der Waals surface area contributed by atoms with Crippen LogP contribution in [0.1, 0.15) is 0 Å². The average molecular weight is 348 g/mol. The fraction of sp³-hybridized carbons (Fsp3) is 0.0952. The third-order valence-electron chi connectivity index (χ3n) is 5.17. The lowest BCUT2D eigenvalue weighted by molar-refractivity contribution is -0.172. The van der Waals surface area contributed by atoms with Crippen LogP contribution in [0.3, 0.4) is 0 Å². The Morgan fingerprint density at radius 3 is 2.24 bits per heavy atom. The van der Waals surface area contributed by atoms with Gasteiger partial charge in [0.05, 0.1) is 22.1 Å². The smallest absolute Gasteiger partial charge is 0.198 e. The Balaban J connectivity index is 0.00000157. The summed E-state index contributed by atoms with van der Waals surface area (Å²) in [4.78, 5) is 0. The summed E-state index contributed by atoms with van der Waals surface area (Å²) in [6.45, 7) is 0. The van der Waals surface area contributed by atoms with Gasteiger partial charge in [0, 0.05) is 42.4 Å². The Bertz CT molecular complexity index is 1340. The van der Waals surface area contributed by atoms with Crippen molar-refractivity contribution in [3.05, 3.63) is 66.0 Å². The number of benzene rings is 3. The van der Waals surface area contributed by atoms with Crippen molar-refractivity contribution in [2.24, 2.45) is 14.1 Å². The van der Waals surface area contributed by atoms with E-state index >= 15 is 0 Å². The van der Waals surface area contributed by atoms with Gasteiger partial charge in [-0.15, -0.1) is 0 Å². The number of rotatable bonds is 0. The lowest BCUT2D eigenvalue weighted by Crippen LogP contribution is -3.00. The first-order chi connectivity index (χ1) is 11.7. The van der Waals surface area contributed by atoms with E-state index in [4.69, 9.17) is 5.41 Å².